The molecule has 1 amide bonds. The zero-order chi connectivity index (χ0) is 24.7. The molecule has 35 heavy (non-hydrogen) atoms. The van der Waals surface area contributed by atoms with Crippen LogP contribution in [0.5, 0.6) is 11.5 Å². The van der Waals surface area contributed by atoms with Crippen LogP contribution in [-0.4, -0.2) is 58.7 Å². The van der Waals surface area contributed by atoms with Crippen molar-refractivity contribution < 1.29 is 23.1 Å². The van der Waals surface area contributed by atoms with Crippen molar-refractivity contribution in [2.24, 2.45) is 5.92 Å². The standard InChI is InChI=1S/C26H29N3O5S/c1-16(2)10-12-34-19-7-5-6-17(14-19)25-22-23(20-8-3-4-9-21(20)30)27-28-24(22)26(31)29(25)18-11-13-35(32,33)15-18/h3-9,14,16,18,25,30H,10-13,15H2,1-2H3,(H,27,28). The minimum atomic E-state index is -3.21. The van der Waals surface area contributed by atoms with Crippen LogP contribution in [0.15, 0.2) is 48.5 Å². The van der Waals surface area contributed by atoms with Gasteiger partial charge in [0.15, 0.2) is 9.84 Å². The predicted molar refractivity (Wildman–Crippen MR) is 132 cm³/mol. The number of para-hydroxylation sites is 1. The maximum atomic E-state index is 13.6. The molecule has 1 saturated heterocycles. The molecule has 2 aliphatic rings. The molecule has 2 unspecified atom stereocenters. The Balaban J connectivity index is 1.60. The minimum Gasteiger partial charge on any atom is -0.507 e. The number of aromatic hydroxyl groups is 1. The first-order chi connectivity index (χ1) is 16.7. The Morgan fingerprint density at radius 3 is 2.71 bits per heavy atom. The van der Waals surface area contributed by atoms with Gasteiger partial charge in [-0.25, -0.2) is 8.42 Å². The van der Waals surface area contributed by atoms with Crippen molar-refractivity contribution in [1.29, 1.82) is 0 Å². The molecule has 0 radical (unpaired) electrons. The van der Waals surface area contributed by atoms with E-state index >= 15 is 0 Å². The molecule has 3 aromatic rings. The summed E-state index contributed by atoms with van der Waals surface area (Å²) in [6.45, 7) is 4.85. The fourth-order valence-electron chi connectivity index (χ4n) is 4.93. The van der Waals surface area contributed by atoms with E-state index in [1.54, 1.807) is 29.2 Å². The number of H-pyrrole nitrogens is 1. The number of sulfone groups is 1. The predicted octanol–water partition coefficient (Wildman–Crippen LogP) is 3.94. The van der Waals surface area contributed by atoms with Crippen LogP contribution in [-0.2, 0) is 9.84 Å². The van der Waals surface area contributed by atoms with E-state index in [0.717, 1.165) is 12.0 Å². The van der Waals surface area contributed by atoms with Crippen molar-refractivity contribution in [1.82, 2.24) is 15.1 Å². The first kappa shape index (κ1) is 23.4. The van der Waals surface area contributed by atoms with Gasteiger partial charge in [0, 0.05) is 17.2 Å². The Morgan fingerprint density at radius 2 is 2.00 bits per heavy atom. The van der Waals surface area contributed by atoms with E-state index in [9.17, 15) is 18.3 Å². The van der Waals surface area contributed by atoms with Crippen LogP contribution in [0.3, 0.4) is 0 Å². The molecule has 184 valence electrons. The number of aromatic amines is 1. The van der Waals surface area contributed by atoms with Crippen LogP contribution < -0.4 is 4.74 Å². The van der Waals surface area contributed by atoms with Crippen molar-refractivity contribution in [2.75, 3.05) is 18.1 Å². The molecule has 0 spiro atoms. The van der Waals surface area contributed by atoms with E-state index in [0.29, 0.717) is 47.2 Å². The molecule has 5 rings (SSSR count). The first-order valence-electron chi connectivity index (χ1n) is 11.9. The molecule has 0 saturated carbocycles. The van der Waals surface area contributed by atoms with Crippen LogP contribution in [0.4, 0.5) is 0 Å². The molecule has 1 fully saturated rings. The summed E-state index contributed by atoms with van der Waals surface area (Å²) >= 11 is 0. The summed E-state index contributed by atoms with van der Waals surface area (Å²) in [5.41, 5.74) is 2.75. The van der Waals surface area contributed by atoms with Crippen LogP contribution >= 0.6 is 0 Å². The average Bonchev–Trinajstić information content (AvgIpc) is 3.47. The van der Waals surface area contributed by atoms with Gasteiger partial charge in [-0.3, -0.25) is 9.89 Å². The monoisotopic (exact) mass is 495 g/mol. The maximum Gasteiger partial charge on any atom is 0.273 e. The zero-order valence-electron chi connectivity index (χ0n) is 19.8. The van der Waals surface area contributed by atoms with E-state index in [1.165, 1.54) is 0 Å². The topological polar surface area (TPSA) is 113 Å². The summed E-state index contributed by atoms with van der Waals surface area (Å²) in [6.07, 6.45) is 1.31. The fraction of sp³-hybridized carbons (Fsp3) is 0.385. The molecule has 2 aliphatic heterocycles. The highest BCUT2D eigenvalue weighted by Gasteiger charge is 2.48. The molecule has 2 aromatic carbocycles. The summed E-state index contributed by atoms with van der Waals surface area (Å²) in [4.78, 5) is 15.3. The number of hydrogen-bond donors (Lipinski definition) is 2. The van der Waals surface area contributed by atoms with Crippen LogP contribution in [0.2, 0.25) is 0 Å². The Hall–Kier alpha value is -3.33. The normalized spacial score (nSPS) is 21.0. The maximum absolute atomic E-state index is 13.6. The van der Waals surface area contributed by atoms with Gasteiger partial charge >= 0.3 is 0 Å². The van der Waals surface area contributed by atoms with Gasteiger partial charge in [-0.1, -0.05) is 38.1 Å². The fourth-order valence-corrected chi connectivity index (χ4v) is 6.64. The SMILES string of the molecule is CC(C)CCOc1cccc(C2c3c(-c4ccccc4O)n[nH]c3C(=O)N2C2CCS(=O)(=O)C2)c1. The lowest BCUT2D eigenvalue weighted by Crippen LogP contribution is -2.40. The largest absolute Gasteiger partial charge is 0.507 e. The third-order valence-corrected chi connectivity index (χ3v) is 8.45. The third-order valence-electron chi connectivity index (χ3n) is 6.70. The van der Waals surface area contributed by atoms with Crippen molar-refractivity contribution >= 4 is 15.7 Å². The van der Waals surface area contributed by atoms with Gasteiger partial charge in [-0.05, 0) is 48.6 Å². The highest BCUT2D eigenvalue weighted by molar-refractivity contribution is 7.91. The van der Waals surface area contributed by atoms with Gasteiger partial charge in [-0.15, -0.1) is 0 Å². The number of carbonyl (C=O) groups is 1. The lowest BCUT2D eigenvalue weighted by Gasteiger charge is -2.31. The molecule has 1 aromatic heterocycles. The average molecular weight is 496 g/mol. The number of fused-ring (bicyclic) bond motifs is 1. The van der Waals surface area contributed by atoms with Gasteiger partial charge in [0.2, 0.25) is 0 Å². The molecule has 3 heterocycles. The molecular formula is C26H29N3O5S. The molecule has 2 atom stereocenters. The lowest BCUT2D eigenvalue weighted by molar-refractivity contribution is 0.0677. The van der Waals surface area contributed by atoms with E-state index in [4.69, 9.17) is 4.74 Å². The second-order valence-electron chi connectivity index (χ2n) is 9.65. The van der Waals surface area contributed by atoms with E-state index in [1.807, 2.05) is 24.3 Å². The number of ether oxygens (including phenoxy) is 1. The number of phenols is 1. The van der Waals surface area contributed by atoms with Gasteiger partial charge < -0.3 is 14.7 Å². The smallest absolute Gasteiger partial charge is 0.273 e. The van der Waals surface area contributed by atoms with E-state index in [-0.39, 0.29) is 23.2 Å². The van der Waals surface area contributed by atoms with Crippen LogP contribution in [0.1, 0.15) is 54.3 Å². The third kappa shape index (κ3) is 4.40. The van der Waals surface area contributed by atoms with Gasteiger partial charge in [0.1, 0.15) is 22.9 Å². The summed E-state index contributed by atoms with van der Waals surface area (Å²) < 4.78 is 30.6. The molecular weight excluding hydrogens is 466 g/mol. The summed E-state index contributed by atoms with van der Waals surface area (Å²) in [5.74, 6) is 0.970. The van der Waals surface area contributed by atoms with Crippen molar-refractivity contribution in [3.05, 3.63) is 65.4 Å². The van der Waals surface area contributed by atoms with Gasteiger partial charge in [-0.2, -0.15) is 5.10 Å². The summed E-state index contributed by atoms with van der Waals surface area (Å²) in [7, 11) is -3.21. The number of nitrogens with zero attached hydrogens (tertiary/aromatic N) is 2. The Morgan fingerprint density at radius 1 is 1.20 bits per heavy atom. The van der Waals surface area contributed by atoms with Gasteiger partial charge in [0.25, 0.3) is 5.91 Å². The van der Waals surface area contributed by atoms with Crippen molar-refractivity contribution in [3.8, 4) is 22.8 Å². The van der Waals surface area contributed by atoms with Crippen LogP contribution in [0, 0.1) is 5.92 Å². The van der Waals surface area contributed by atoms with Crippen molar-refractivity contribution in [2.45, 2.75) is 38.8 Å². The number of phenolic OH excluding ortho intramolecular Hbond substituents is 1. The summed E-state index contributed by atoms with van der Waals surface area (Å²) in [5, 5.41) is 17.8. The zero-order valence-corrected chi connectivity index (χ0v) is 20.6. The van der Waals surface area contributed by atoms with E-state index < -0.39 is 21.9 Å². The molecule has 9 heteroatoms. The highest BCUT2D eigenvalue weighted by Crippen LogP contribution is 2.46. The number of nitrogens with one attached hydrogen (secondary N) is 1. The number of benzene rings is 2. The number of rotatable bonds is 7. The highest BCUT2D eigenvalue weighted by atomic mass is 32.2. The molecule has 0 aliphatic carbocycles. The Kier molecular flexibility index (Phi) is 6.04. The quantitative estimate of drug-likeness (QED) is 0.513. The number of amides is 1. The molecule has 8 nitrogen and oxygen atoms in total. The van der Waals surface area contributed by atoms with E-state index in [2.05, 4.69) is 24.0 Å². The Labute approximate surface area is 204 Å². The second kappa shape index (κ2) is 9.03. The Bertz CT molecular complexity index is 1360. The lowest BCUT2D eigenvalue weighted by atomic mass is 9.95. The van der Waals surface area contributed by atoms with Gasteiger partial charge in [0.05, 0.1) is 24.2 Å². The second-order valence-corrected chi connectivity index (χ2v) is 11.9. The van der Waals surface area contributed by atoms with Crippen LogP contribution in [0.25, 0.3) is 11.3 Å². The molecule has 2 N–H and O–H groups in total. The minimum absolute atomic E-state index is 0.0562. The van der Waals surface area contributed by atoms with Crippen molar-refractivity contribution in [3.63, 3.8) is 0 Å². The number of aromatic nitrogens is 2. The number of carbonyl (C=O) groups excluding carboxylic acids is 1. The first-order valence-corrected chi connectivity index (χ1v) is 13.7. The molecule has 0 bridgehead atoms. The summed E-state index contributed by atoms with van der Waals surface area (Å²) in [6, 6.07) is 13.4. The number of hydrogen-bond acceptors (Lipinski definition) is 6.